The van der Waals surface area contributed by atoms with Crippen LogP contribution in [0.5, 0.6) is 11.5 Å². The second-order valence-electron chi connectivity index (χ2n) is 5.98. The van der Waals surface area contributed by atoms with Crippen LogP contribution >= 0.6 is 0 Å². The highest BCUT2D eigenvalue weighted by atomic mass is 19.4. The Balaban J connectivity index is 1.88. The maximum Gasteiger partial charge on any atom is 0.416 e. The van der Waals surface area contributed by atoms with Crippen molar-refractivity contribution in [3.63, 3.8) is 0 Å². The van der Waals surface area contributed by atoms with Crippen LogP contribution in [0.2, 0.25) is 0 Å². The maximum absolute atomic E-state index is 12.6. The van der Waals surface area contributed by atoms with Crippen LogP contribution in [-0.2, 0) is 12.7 Å². The van der Waals surface area contributed by atoms with Crippen LogP contribution in [0.4, 0.5) is 13.2 Å². The van der Waals surface area contributed by atoms with Gasteiger partial charge in [0, 0.05) is 19.6 Å². The van der Waals surface area contributed by atoms with Gasteiger partial charge in [-0.05, 0) is 55.1 Å². The molecule has 0 saturated heterocycles. The van der Waals surface area contributed by atoms with E-state index in [9.17, 15) is 13.2 Å². The SMILES string of the molecule is CCN(CC)CCNCc1cccc(Oc2ccc(C(F)(F)F)cc2)c1. The molecule has 1 N–H and O–H groups in total. The minimum Gasteiger partial charge on any atom is -0.457 e. The molecule has 0 radical (unpaired) electrons. The van der Waals surface area contributed by atoms with Gasteiger partial charge in [0.05, 0.1) is 5.56 Å². The van der Waals surface area contributed by atoms with E-state index in [-0.39, 0.29) is 0 Å². The lowest BCUT2D eigenvalue weighted by molar-refractivity contribution is -0.137. The van der Waals surface area contributed by atoms with Crippen molar-refractivity contribution in [2.75, 3.05) is 26.2 Å². The van der Waals surface area contributed by atoms with Crippen molar-refractivity contribution in [2.45, 2.75) is 26.6 Å². The molecule has 0 bridgehead atoms. The molecule has 0 aromatic heterocycles. The summed E-state index contributed by atoms with van der Waals surface area (Å²) < 4.78 is 43.4. The van der Waals surface area contributed by atoms with E-state index in [2.05, 4.69) is 24.1 Å². The quantitative estimate of drug-likeness (QED) is 0.637. The summed E-state index contributed by atoms with van der Waals surface area (Å²) in [5, 5.41) is 3.39. The summed E-state index contributed by atoms with van der Waals surface area (Å²) in [6, 6.07) is 12.3. The number of likely N-dealkylation sites (N-methyl/N-ethyl adjacent to an activating group) is 1. The van der Waals surface area contributed by atoms with Crippen molar-refractivity contribution in [3.8, 4) is 11.5 Å². The molecule has 0 atom stereocenters. The van der Waals surface area contributed by atoms with E-state index in [4.69, 9.17) is 4.74 Å². The minimum absolute atomic E-state index is 0.379. The fourth-order valence-corrected chi connectivity index (χ4v) is 2.58. The first-order valence-electron chi connectivity index (χ1n) is 8.79. The predicted molar refractivity (Wildman–Crippen MR) is 97.5 cm³/mol. The number of alkyl halides is 3. The van der Waals surface area contributed by atoms with Gasteiger partial charge in [-0.2, -0.15) is 13.2 Å². The Morgan fingerprint density at radius 2 is 1.65 bits per heavy atom. The van der Waals surface area contributed by atoms with Crippen LogP contribution in [0.1, 0.15) is 25.0 Å². The van der Waals surface area contributed by atoms with Gasteiger partial charge in [-0.3, -0.25) is 0 Å². The van der Waals surface area contributed by atoms with Gasteiger partial charge >= 0.3 is 6.18 Å². The summed E-state index contributed by atoms with van der Waals surface area (Å²) in [5.41, 5.74) is 0.380. The summed E-state index contributed by atoms with van der Waals surface area (Å²) in [7, 11) is 0. The fraction of sp³-hybridized carbons (Fsp3) is 0.400. The standard InChI is InChI=1S/C20H25F3N2O/c1-3-25(4-2)13-12-24-15-16-6-5-7-19(14-16)26-18-10-8-17(9-11-18)20(21,22)23/h5-11,14,24H,3-4,12-13,15H2,1-2H3. The maximum atomic E-state index is 12.6. The van der Waals surface area contributed by atoms with Crippen molar-refractivity contribution in [2.24, 2.45) is 0 Å². The number of halogens is 3. The summed E-state index contributed by atoms with van der Waals surface area (Å²) in [6.07, 6.45) is -4.34. The Bertz CT molecular complexity index is 668. The first-order valence-corrected chi connectivity index (χ1v) is 8.79. The molecule has 142 valence electrons. The number of benzene rings is 2. The van der Waals surface area contributed by atoms with Gasteiger partial charge in [0.2, 0.25) is 0 Å². The number of hydrogen-bond acceptors (Lipinski definition) is 3. The summed E-state index contributed by atoms with van der Waals surface area (Å²) in [5.74, 6) is 0.984. The molecule has 6 heteroatoms. The molecule has 0 saturated carbocycles. The zero-order valence-corrected chi connectivity index (χ0v) is 15.1. The predicted octanol–water partition coefficient (Wildman–Crippen LogP) is 4.93. The lowest BCUT2D eigenvalue weighted by Gasteiger charge is -2.18. The second kappa shape index (κ2) is 9.59. The van der Waals surface area contributed by atoms with Gasteiger partial charge in [0.15, 0.2) is 0 Å². The fourth-order valence-electron chi connectivity index (χ4n) is 2.58. The van der Waals surface area contributed by atoms with Crippen molar-refractivity contribution < 1.29 is 17.9 Å². The Kier molecular flexibility index (Phi) is 7.48. The monoisotopic (exact) mass is 366 g/mol. The van der Waals surface area contributed by atoms with Crippen LogP contribution in [-0.4, -0.2) is 31.1 Å². The smallest absolute Gasteiger partial charge is 0.416 e. The van der Waals surface area contributed by atoms with Gasteiger partial charge in [-0.25, -0.2) is 0 Å². The second-order valence-corrected chi connectivity index (χ2v) is 5.98. The molecule has 0 unspecified atom stereocenters. The van der Waals surface area contributed by atoms with E-state index < -0.39 is 11.7 Å². The molecule has 0 amide bonds. The van der Waals surface area contributed by atoms with Gasteiger partial charge in [0.25, 0.3) is 0 Å². The van der Waals surface area contributed by atoms with E-state index in [1.54, 1.807) is 6.07 Å². The van der Waals surface area contributed by atoms with E-state index in [1.165, 1.54) is 12.1 Å². The lowest BCUT2D eigenvalue weighted by atomic mass is 10.2. The molecular weight excluding hydrogens is 341 g/mol. The Morgan fingerprint density at radius 1 is 0.962 bits per heavy atom. The normalized spacial score (nSPS) is 11.8. The molecule has 0 spiro atoms. The van der Waals surface area contributed by atoms with E-state index >= 15 is 0 Å². The molecule has 0 heterocycles. The van der Waals surface area contributed by atoms with Crippen LogP contribution in [0.15, 0.2) is 48.5 Å². The molecule has 0 fully saturated rings. The van der Waals surface area contributed by atoms with Crippen molar-refractivity contribution in [1.29, 1.82) is 0 Å². The highest BCUT2D eigenvalue weighted by Crippen LogP contribution is 2.31. The van der Waals surface area contributed by atoms with Gasteiger partial charge in [-0.15, -0.1) is 0 Å². The third kappa shape index (κ3) is 6.35. The average molecular weight is 366 g/mol. The lowest BCUT2D eigenvalue weighted by Crippen LogP contribution is -2.31. The van der Waals surface area contributed by atoms with Gasteiger partial charge in [0.1, 0.15) is 11.5 Å². The van der Waals surface area contributed by atoms with Crippen LogP contribution in [0.3, 0.4) is 0 Å². The summed E-state index contributed by atoms with van der Waals surface area (Å²) >= 11 is 0. The summed E-state index contributed by atoms with van der Waals surface area (Å²) in [6.45, 7) is 8.96. The number of ether oxygens (including phenoxy) is 1. The third-order valence-corrected chi connectivity index (χ3v) is 4.14. The highest BCUT2D eigenvalue weighted by Gasteiger charge is 2.30. The largest absolute Gasteiger partial charge is 0.457 e. The van der Waals surface area contributed by atoms with Crippen LogP contribution in [0, 0.1) is 0 Å². The van der Waals surface area contributed by atoms with E-state index in [1.807, 2.05) is 18.2 Å². The molecule has 3 nitrogen and oxygen atoms in total. The number of rotatable bonds is 9. The van der Waals surface area contributed by atoms with Crippen LogP contribution in [0.25, 0.3) is 0 Å². The summed E-state index contributed by atoms with van der Waals surface area (Å²) in [4.78, 5) is 2.34. The molecule has 2 aromatic rings. The first kappa shape index (κ1) is 20.3. The van der Waals surface area contributed by atoms with Crippen molar-refractivity contribution in [3.05, 3.63) is 59.7 Å². The molecule has 0 aliphatic carbocycles. The molecule has 0 aliphatic heterocycles. The van der Waals surface area contributed by atoms with E-state index in [0.29, 0.717) is 18.0 Å². The number of nitrogens with one attached hydrogen (secondary N) is 1. The number of nitrogens with zero attached hydrogens (tertiary/aromatic N) is 1. The molecular formula is C20H25F3N2O. The third-order valence-electron chi connectivity index (χ3n) is 4.14. The topological polar surface area (TPSA) is 24.5 Å². The molecule has 2 aromatic carbocycles. The Morgan fingerprint density at radius 3 is 2.27 bits per heavy atom. The van der Waals surface area contributed by atoms with Gasteiger partial charge < -0.3 is 15.0 Å². The van der Waals surface area contributed by atoms with Crippen molar-refractivity contribution in [1.82, 2.24) is 10.2 Å². The minimum atomic E-state index is -4.34. The Hall–Kier alpha value is -2.05. The Labute approximate surface area is 152 Å². The van der Waals surface area contributed by atoms with Crippen LogP contribution < -0.4 is 10.1 Å². The van der Waals surface area contributed by atoms with Crippen molar-refractivity contribution >= 4 is 0 Å². The number of hydrogen-bond donors (Lipinski definition) is 1. The zero-order valence-electron chi connectivity index (χ0n) is 15.1. The first-order chi connectivity index (χ1) is 12.4. The molecule has 2 rings (SSSR count). The molecule has 0 aliphatic rings. The molecule has 26 heavy (non-hydrogen) atoms. The average Bonchev–Trinajstić information content (AvgIpc) is 2.62. The zero-order chi connectivity index (χ0) is 19.0. The van der Waals surface area contributed by atoms with Gasteiger partial charge in [-0.1, -0.05) is 26.0 Å². The highest BCUT2D eigenvalue weighted by molar-refractivity contribution is 5.35. The van der Waals surface area contributed by atoms with E-state index in [0.717, 1.165) is 43.9 Å².